The molecule has 1 aromatic rings. The molecule has 0 aliphatic carbocycles. The van der Waals surface area contributed by atoms with Crippen LogP contribution >= 0.6 is 24.0 Å². The van der Waals surface area contributed by atoms with E-state index in [1.807, 2.05) is 63.9 Å². The molecule has 0 saturated carbocycles. The summed E-state index contributed by atoms with van der Waals surface area (Å²) in [7, 11) is -1.35. The molecule has 7 nitrogen and oxygen atoms in total. The fraction of sp³-hybridized carbons (Fsp3) is 0.611. The quantitative estimate of drug-likeness (QED) is 0.301. The number of hydrogen-bond acceptors (Lipinski definition) is 4. The van der Waals surface area contributed by atoms with Gasteiger partial charge in [0.25, 0.3) is 0 Å². The van der Waals surface area contributed by atoms with Gasteiger partial charge in [0, 0.05) is 19.1 Å². The number of benzene rings is 1. The Bertz CT molecular complexity index is 708. The van der Waals surface area contributed by atoms with Crippen LogP contribution < -0.4 is 14.8 Å². The van der Waals surface area contributed by atoms with Crippen molar-refractivity contribution in [2.75, 3.05) is 39.5 Å². The van der Waals surface area contributed by atoms with Crippen molar-refractivity contribution in [1.29, 1.82) is 0 Å². The molecule has 0 radical (unpaired) electrons. The first-order chi connectivity index (χ1) is 12.0. The van der Waals surface area contributed by atoms with E-state index in [0.29, 0.717) is 25.7 Å². The van der Waals surface area contributed by atoms with Crippen molar-refractivity contribution in [3.8, 4) is 5.75 Å². The molecule has 0 fully saturated rings. The Labute approximate surface area is 181 Å². The molecule has 0 aliphatic rings. The molecule has 0 aliphatic heterocycles. The molecule has 0 spiro atoms. The number of guanidine groups is 1. The molecular formula is C18H33IN4O3S. The zero-order valence-electron chi connectivity index (χ0n) is 17.1. The molecule has 1 aromatic carbocycles. The summed E-state index contributed by atoms with van der Waals surface area (Å²) in [5, 5.41) is 3.22. The second-order valence-electron chi connectivity index (χ2n) is 6.96. The first kappa shape index (κ1) is 25.9. The number of hydrogen-bond donors (Lipinski definition) is 2. The third kappa shape index (κ3) is 10.7. The Hall–Kier alpha value is -1.07. The van der Waals surface area contributed by atoms with Gasteiger partial charge in [-0.05, 0) is 39.3 Å². The number of aryl methyl sites for hydroxylation is 1. The predicted molar refractivity (Wildman–Crippen MR) is 123 cm³/mol. The van der Waals surface area contributed by atoms with Crippen LogP contribution in [0.15, 0.2) is 29.3 Å². The van der Waals surface area contributed by atoms with Crippen LogP contribution in [0.2, 0.25) is 0 Å². The Morgan fingerprint density at radius 2 is 1.93 bits per heavy atom. The molecule has 27 heavy (non-hydrogen) atoms. The first-order valence-corrected chi connectivity index (χ1v) is 10.6. The molecule has 2 N–H and O–H groups in total. The summed E-state index contributed by atoms with van der Waals surface area (Å²) in [6.07, 6.45) is 1.15. The van der Waals surface area contributed by atoms with Crippen molar-refractivity contribution in [1.82, 2.24) is 14.9 Å². The lowest BCUT2D eigenvalue weighted by Gasteiger charge is -2.26. The number of nitrogens with zero attached hydrogens (tertiary/aromatic N) is 2. The number of halogens is 1. The standard InChI is InChI=1S/C18H32N4O3S.HI/c1-7-19-17(20-14-18(3,4)21-26(6,23)24)22(5)12-13-25-16-11-9-8-10-15(16)2;/h8-11,21H,7,12-14H2,1-6H3,(H,19,20);1H. The van der Waals surface area contributed by atoms with E-state index in [9.17, 15) is 8.42 Å². The van der Waals surface area contributed by atoms with Gasteiger partial charge in [-0.25, -0.2) is 13.1 Å². The zero-order chi connectivity index (χ0) is 19.8. The van der Waals surface area contributed by atoms with Crippen LogP contribution in [0, 0.1) is 6.92 Å². The van der Waals surface area contributed by atoms with Gasteiger partial charge < -0.3 is 15.0 Å². The minimum absolute atomic E-state index is 0. The van der Waals surface area contributed by atoms with Gasteiger partial charge in [-0.3, -0.25) is 4.99 Å². The fourth-order valence-corrected chi connectivity index (χ4v) is 3.46. The molecule has 0 bridgehead atoms. The summed E-state index contributed by atoms with van der Waals surface area (Å²) in [5.74, 6) is 1.59. The normalized spacial score (nSPS) is 12.3. The van der Waals surface area contributed by atoms with Crippen molar-refractivity contribution in [3.63, 3.8) is 0 Å². The molecule has 0 unspecified atom stereocenters. The molecule has 0 atom stereocenters. The second-order valence-corrected chi connectivity index (χ2v) is 8.71. The third-order valence-corrected chi connectivity index (χ3v) is 4.48. The zero-order valence-corrected chi connectivity index (χ0v) is 20.2. The monoisotopic (exact) mass is 512 g/mol. The van der Waals surface area contributed by atoms with Crippen LogP contribution in [0.4, 0.5) is 0 Å². The van der Waals surface area contributed by atoms with E-state index in [4.69, 9.17) is 4.74 Å². The summed E-state index contributed by atoms with van der Waals surface area (Å²) >= 11 is 0. The Kier molecular flexibility index (Phi) is 11.2. The van der Waals surface area contributed by atoms with Crippen LogP contribution in [-0.4, -0.2) is 64.4 Å². The number of rotatable bonds is 9. The molecular weight excluding hydrogens is 479 g/mol. The van der Waals surface area contributed by atoms with E-state index in [2.05, 4.69) is 15.0 Å². The average Bonchev–Trinajstić information content (AvgIpc) is 2.50. The lowest BCUT2D eigenvalue weighted by molar-refractivity contribution is 0.279. The van der Waals surface area contributed by atoms with E-state index in [0.717, 1.165) is 24.1 Å². The van der Waals surface area contributed by atoms with Crippen molar-refractivity contribution < 1.29 is 13.2 Å². The molecule has 0 saturated heterocycles. The lowest BCUT2D eigenvalue weighted by atomic mass is 10.1. The number of nitrogens with one attached hydrogen (secondary N) is 2. The van der Waals surface area contributed by atoms with Gasteiger partial charge in [0.15, 0.2) is 5.96 Å². The largest absolute Gasteiger partial charge is 0.491 e. The highest BCUT2D eigenvalue weighted by Crippen LogP contribution is 2.15. The summed E-state index contributed by atoms with van der Waals surface area (Å²) in [6, 6.07) is 7.90. The molecule has 156 valence electrons. The van der Waals surface area contributed by atoms with Crippen LogP contribution in [0.1, 0.15) is 26.3 Å². The van der Waals surface area contributed by atoms with Gasteiger partial charge in [-0.1, -0.05) is 18.2 Å². The van der Waals surface area contributed by atoms with E-state index in [1.165, 1.54) is 0 Å². The van der Waals surface area contributed by atoms with Gasteiger partial charge >= 0.3 is 0 Å². The van der Waals surface area contributed by atoms with Crippen molar-refractivity contribution in [2.45, 2.75) is 33.2 Å². The van der Waals surface area contributed by atoms with E-state index in [-0.39, 0.29) is 24.0 Å². The number of ether oxygens (including phenoxy) is 1. The van der Waals surface area contributed by atoms with Gasteiger partial charge in [-0.15, -0.1) is 24.0 Å². The van der Waals surface area contributed by atoms with Crippen LogP contribution in [0.5, 0.6) is 5.75 Å². The van der Waals surface area contributed by atoms with E-state index >= 15 is 0 Å². The molecule has 0 amide bonds. The predicted octanol–water partition coefficient (Wildman–Crippen LogP) is 2.22. The summed E-state index contributed by atoms with van der Waals surface area (Å²) < 4.78 is 31.3. The highest BCUT2D eigenvalue weighted by atomic mass is 127. The van der Waals surface area contributed by atoms with Gasteiger partial charge in [-0.2, -0.15) is 0 Å². The van der Waals surface area contributed by atoms with Crippen molar-refractivity contribution >= 4 is 40.0 Å². The maximum atomic E-state index is 11.5. The third-order valence-electron chi connectivity index (χ3n) is 3.56. The van der Waals surface area contributed by atoms with Crippen molar-refractivity contribution in [3.05, 3.63) is 29.8 Å². The molecule has 9 heteroatoms. The highest BCUT2D eigenvalue weighted by Gasteiger charge is 2.22. The lowest BCUT2D eigenvalue weighted by Crippen LogP contribution is -2.47. The molecule has 0 heterocycles. The van der Waals surface area contributed by atoms with Crippen LogP contribution in [-0.2, 0) is 10.0 Å². The highest BCUT2D eigenvalue weighted by molar-refractivity contribution is 14.0. The molecule has 0 aromatic heterocycles. The number of likely N-dealkylation sites (N-methyl/N-ethyl adjacent to an activating group) is 1. The van der Waals surface area contributed by atoms with Crippen LogP contribution in [0.3, 0.4) is 0 Å². The summed E-state index contributed by atoms with van der Waals surface area (Å²) in [5.41, 5.74) is 0.441. The van der Waals surface area contributed by atoms with Gasteiger partial charge in [0.05, 0.1) is 19.3 Å². The minimum atomic E-state index is -3.28. The number of sulfonamides is 1. The van der Waals surface area contributed by atoms with Gasteiger partial charge in [0.2, 0.25) is 10.0 Å². The summed E-state index contributed by atoms with van der Waals surface area (Å²) in [4.78, 5) is 6.53. The smallest absolute Gasteiger partial charge is 0.209 e. The van der Waals surface area contributed by atoms with Crippen LogP contribution in [0.25, 0.3) is 0 Å². The SMILES string of the molecule is CCNC(=NCC(C)(C)NS(C)(=O)=O)N(C)CCOc1ccccc1C.I. The maximum Gasteiger partial charge on any atom is 0.209 e. The fourth-order valence-electron chi connectivity index (χ4n) is 2.39. The van der Waals surface area contributed by atoms with E-state index in [1.54, 1.807) is 0 Å². The van der Waals surface area contributed by atoms with Crippen molar-refractivity contribution in [2.24, 2.45) is 4.99 Å². The Morgan fingerprint density at radius 3 is 2.48 bits per heavy atom. The Balaban J connectivity index is 0.00000676. The van der Waals surface area contributed by atoms with Gasteiger partial charge in [0.1, 0.15) is 12.4 Å². The molecule has 1 rings (SSSR count). The first-order valence-electron chi connectivity index (χ1n) is 8.71. The minimum Gasteiger partial charge on any atom is -0.491 e. The topological polar surface area (TPSA) is 83.0 Å². The summed E-state index contributed by atoms with van der Waals surface area (Å²) in [6.45, 7) is 9.85. The second kappa shape index (κ2) is 11.7. The number of aliphatic imine (C=N–C) groups is 1. The van der Waals surface area contributed by atoms with E-state index < -0.39 is 15.6 Å². The maximum absolute atomic E-state index is 11.5. The Morgan fingerprint density at radius 1 is 1.30 bits per heavy atom. The number of para-hydroxylation sites is 1. The average molecular weight is 512 g/mol.